The summed E-state index contributed by atoms with van der Waals surface area (Å²) in [4.78, 5) is 4.94. The van der Waals surface area contributed by atoms with Gasteiger partial charge in [0.1, 0.15) is 5.82 Å². The van der Waals surface area contributed by atoms with Gasteiger partial charge in [-0.25, -0.2) is 4.98 Å². The van der Waals surface area contributed by atoms with Crippen LogP contribution >= 0.6 is 0 Å². The molecule has 3 rings (SSSR count). The largest absolute Gasteiger partial charge is 0.385 e. The number of nitrogens with zero attached hydrogens (tertiary/aromatic N) is 2. The van der Waals surface area contributed by atoms with E-state index >= 15 is 0 Å². The van der Waals surface area contributed by atoms with E-state index in [0.717, 1.165) is 49.6 Å². The van der Waals surface area contributed by atoms with Crippen molar-refractivity contribution in [1.29, 1.82) is 0 Å². The van der Waals surface area contributed by atoms with Gasteiger partial charge >= 0.3 is 0 Å². The second-order valence-corrected chi connectivity index (χ2v) is 7.19. The van der Waals surface area contributed by atoms with E-state index in [2.05, 4.69) is 62.0 Å². The second kappa shape index (κ2) is 6.36. The lowest BCUT2D eigenvalue weighted by Gasteiger charge is -2.20. The number of fused-ring (bicyclic) bond motifs is 1. The Morgan fingerprint density at radius 2 is 2.00 bits per heavy atom. The first-order valence-electron chi connectivity index (χ1n) is 8.52. The van der Waals surface area contributed by atoms with Crippen molar-refractivity contribution in [2.45, 2.75) is 46.0 Å². The van der Waals surface area contributed by atoms with E-state index in [4.69, 9.17) is 9.72 Å². The molecular formula is C19H27N3O. The highest BCUT2D eigenvalue weighted by atomic mass is 16.5. The van der Waals surface area contributed by atoms with E-state index in [0.29, 0.717) is 0 Å². The molecule has 0 unspecified atom stereocenters. The van der Waals surface area contributed by atoms with Gasteiger partial charge in [0.25, 0.3) is 0 Å². The van der Waals surface area contributed by atoms with E-state index in [9.17, 15) is 0 Å². The molecule has 1 aliphatic heterocycles. The summed E-state index contributed by atoms with van der Waals surface area (Å²) in [5, 5.41) is 3.37. The Labute approximate surface area is 138 Å². The monoisotopic (exact) mass is 313 g/mol. The summed E-state index contributed by atoms with van der Waals surface area (Å²) >= 11 is 0. The molecule has 1 fully saturated rings. The van der Waals surface area contributed by atoms with E-state index in [1.165, 1.54) is 11.1 Å². The maximum Gasteiger partial charge on any atom is 0.119 e. The SMILES string of the molecule is CCNc1ccc2c(c1)nc(C(C)(C)C)n2C=C1CCOCC1. The Morgan fingerprint density at radius 1 is 1.26 bits per heavy atom. The predicted molar refractivity (Wildman–Crippen MR) is 96.9 cm³/mol. The van der Waals surface area contributed by atoms with E-state index < -0.39 is 0 Å². The lowest BCUT2D eigenvalue weighted by molar-refractivity contribution is 0.119. The molecule has 0 aliphatic carbocycles. The molecule has 4 nitrogen and oxygen atoms in total. The molecule has 2 heterocycles. The summed E-state index contributed by atoms with van der Waals surface area (Å²) in [6, 6.07) is 6.46. The van der Waals surface area contributed by atoms with Gasteiger partial charge < -0.3 is 14.6 Å². The van der Waals surface area contributed by atoms with Crippen LogP contribution in [-0.4, -0.2) is 29.3 Å². The fraction of sp³-hybridized carbons (Fsp3) is 0.526. The topological polar surface area (TPSA) is 39.1 Å². The van der Waals surface area contributed by atoms with Gasteiger partial charge in [-0.15, -0.1) is 0 Å². The van der Waals surface area contributed by atoms with Gasteiger partial charge in [-0.2, -0.15) is 0 Å². The molecule has 0 bridgehead atoms. The van der Waals surface area contributed by atoms with Crippen molar-refractivity contribution in [2.24, 2.45) is 0 Å². The first kappa shape index (κ1) is 16.1. The summed E-state index contributed by atoms with van der Waals surface area (Å²) in [7, 11) is 0. The molecule has 0 amide bonds. The molecule has 2 aromatic rings. The highest BCUT2D eigenvalue weighted by Crippen LogP contribution is 2.29. The van der Waals surface area contributed by atoms with Crippen molar-refractivity contribution in [2.75, 3.05) is 25.1 Å². The molecule has 0 radical (unpaired) electrons. The number of aromatic nitrogens is 2. The minimum Gasteiger partial charge on any atom is -0.385 e. The first-order valence-corrected chi connectivity index (χ1v) is 8.52. The van der Waals surface area contributed by atoms with Crippen LogP contribution in [0.5, 0.6) is 0 Å². The number of imidazole rings is 1. The fourth-order valence-electron chi connectivity index (χ4n) is 3.02. The average Bonchev–Trinajstić information content (AvgIpc) is 2.87. The third kappa shape index (κ3) is 3.42. The Kier molecular flexibility index (Phi) is 4.44. The van der Waals surface area contributed by atoms with Crippen LogP contribution < -0.4 is 5.32 Å². The summed E-state index contributed by atoms with van der Waals surface area (Å²) in [5.74, 6) is 1.11. The molecule has 0 atom stereocenters. The lowest BCUT2D eigenvalue weighted by atomic mass is 9.95. The predicted octanol–water partition coefficient (Wildman–Crippen LogP) is 4.42. The number of rotatable bonds is 3. The minimum absolute atomic E-state index is 0.000402. The van der Waals surface area contributed by atoms with Crippen molar-refractivity contribution in [3.05, 3.63) is 29.6 Å². The third-order valence-electron chi connectivity index (χ3n) is 4.19. The molecule has 1 aromatic heterocycles. The summed E-state index contributed by atoms with van der Waals surface area (Å²) in [6.45, 7) is 11.3. The molecule has 1 aromatic carbocycles. The molecule has 1 aliphatic rings. The van der Waals surface area contributed by atoms with Crippen LogP contribution in [0.15, 0.2) is 23.8 Å². The van der Waals surface area contributed by atoms with Crippen LogP contribution in [0.2, 0.25) is 0 Å². The molecular weight excluding hydrogens is 286 g/mol. The number of hydrogen-bond donors (Lipinski definition) is 1. The number of benzene rings is 1. The number of nitrogens with one attached hydrogen (secondary N) is 1. The molecule has 0 saturated carbocycles. The van der Waals surface area contributed by atoms with Crippen molar-refractivity contribution in [3.63, 3.8) is 0 Å². The summed E-state index contributed by atoms with van der Waals surface area (Å²) in [5.41, 5.74) is 4.80. The van der Waals surface area contributed by atoms with E-state index in [1.807, 2.05) is 0 Å². The third-order valence-corrected chi connectivity index (χ3v) is 4.19. The first-order chi connectivity index (χ1) is 11.0. The molecule has 124 valence electrons. The highest BCUT2D eigenvalue weighted by Gasteiger charge is 2.22. The zero-order chi connectivity index (χ0) is 16.4. The molecule has 23 heavy (non-hydrogen) atoms. The van der Waals surface area contributed by atoms with Gasteiger partial charge in [0.2, 0.25) is 0 Å². The normalized spacial score (nSPS) is 15.9. The van der Waals surface area contributed by atoms with Crippen LogP contribution in [-0.2, 0) is 10.2 Å². The maximum absolute atomic E-state index is 5.47. The van der Waals surface area contributed by atoms with Crippen LogP contribution in [0, 0.1) is 0 Å². The van der Waals surface area contributed by atoms with Gasteiger partial charge in [0, 0.05) is 23.8 Å². The summed E-state index contributed by atoms with van der Waals surface area (Å²) in [6.07, 6.45) is 4.31. The Balaban J connectivity index is 2.12. The lowest BCUT2D eigenvalue weighted by Crippen LogP contribution is -2.17. The van der Waals surface area contributed by atoms with E-state index in [1.54, 1.807) is 0 Å². The average molecular weight is 313 g/mol. The van der Waals surface area contributed by atoms with Crippen molar-refractivity contribution < 1.29 is 4.74 Å². The Bertz CT molecular complexity index is 714. The molecule has 4 heteroatoms. The zero-order valence-corrected chi connectivity index (χ0v) is 14.6. The number of hydrogen-bond acceptors (Lipinski definition) is 3. The second-order valence-electron chi connectivity index (χ2n) is 7.19. The van der Waals surface area contributed by atoms with Crippen molar-refractivity contribution in [3.8, 4) is 0 Å². The highest BCUT2D eigenvalue weighted by molar-refractivity contribution is 5.82. The Hall–Kier alpha value is -1.81. The number of ether oxygens (including phenoxy) is 1. The van der Waals surface area contributed by atoms with Crippen LogP contribution in [0.25, 0.3) is 17.2 Å². The smallest absolute Gasteiger partial charge is 0.119 e. The van der Waals surface area contributed by atoms with Crippen LogP contribution in [0.4, 0.5) is 5.69 Å². The van der Waals surface area contributed by atoms with Gasteiger partial charge in [-0.3, -0.25) is 0 Å². The van der Waals surface area contributed by atoms with Crippen molar-refractivity contribution >= 4 is 22.9 Å². The van der Waals surface area contributed by atoms with Gasteiger partial charge in [0.15, 0.2) is 0 Å². The zero-order valence-electron chi connectivity index (χ0n) is 14.6. The van der Waals surface area contributed by atoms with Crippen molar-refractivity contribution in [1.82, 2.24) is 9.55 Å². The van der Waals surface area contributed by atoms with Gasteiger partial charge in [-0.1, -0.05) is 20.8 Å². The van der Waals surface area contributed by atoms with Gasteiger partial charge in [0.05, 0.1) is 24.2 Å². The maximum atomic E-state index is 5.47. The molecule has 1 saturated heterocycles. The van der Waals surface area contributed by atoms with Crippen LogP contribution in [0.1, 0.15) is 46.4 Å². The van der Waals surface area contributed by atoms with Crippen LogP contribution in [0.3, 0.4) is 0 Å². The van der Waals surface area contributed by atoms with E-state index in [-0.39, 0.29) is 5.41 Å². The minimum atomic E-state index is -0.000402. The fourth-order valence-corrected chi connectivity index (χ4v) is 3.02. The Morgan fingerprint density at radius 3 is 2.65 bits per heavy atom. The quantitative estimate of drug-likeness (QED) is 0.912. The molecule has 0 spiro atoms. The standard InChI is InChI=1S/C19H27N3O/c1-5-20-15-6-7-17-16(12-15)21-18(19(2,3)4)22(17)13-14-8-10-23-11-9-14/h6-7,12-13,20H,5,8-11H2,1-4H3. The summed E-state index contributed by atoms with van der Waals surface area (Å²) < 4.78 is 7.76. The number of anilines is 1. The molecule has 1 N–H and O–H groups in total. The van der Waals surface area contributed by atoms with Gasteiger partial charge in [-0.05, 0) is 43.5 Å².